The number of piperidine rings is 1. The van der Waals surface area contributed by atoms with Crippen molar-refractivity contribution in [1.29, 1.82) is 0 Å². The van der Waals surface area contributed by atoms with E-state index in [4.69, 9.17) is 0 Å². The zero-order valence-electron chi connectivity index (χ0n) is 9.42. The van der Waals surface area contributed by atoms with E-state index in [9.17, 15) is 5.11 Å². The first kappa shape index (κ1) is 12.0. The molecule has 1 heterocycles. The van der Waals surface area contributed by atoms with Gasteiger partial charge in [0.25, 0.3) is 0 Å². The summed E-state index contributed by atoms with van der Waals surface area (Å²) in [6, 6.07) is 0.561. The predicted octanol–water partition coefficient (Wildman–Crippen LogP) is 0.735. The summed E-state index contributed by atoms with van der Waals surface area (Å²) in [5, 5.41) is 16.4. The maximum Gasteiger partial charge on any atom is 0.0667 e. The zero-order chi connectivity index (χ0) is 10.4. The lowest BCUT2D eigenvalue weighted by Crippen LogP contribution is -2.45. The van der Waals surface area contributed by atoms with Gasteiger partial charge < -0.3 is 15.7 Å². The van der Waals surface area contributed by atoms with Gasteiger partial charge in [-0.3, -0.25) is 0 Å². The van der Waals surface area contributed by atoms with E-state index in [0.29, 0.717) is 12.0 Å². The van der Waals surface area contributed by atoms with E-state index in [-0.39, 0.29) is 6.10 Å². The molecule has 3 N–H and O–H groups in total. The van der Waals surface area contributed by atoms with Crippen LogP contribution in [-0.2, 0) is 0 Å². The van der Waals surface area contributed by atoms with E-state index in [1.54, 1.807) is 0 Å². The summed E-state index contributed by atoms with van der Waals surface area (Å²) >= 11 is 0. The van der Waals surface area contributed by atoms with E-state index >= 15 is 0 Å². The van der Waals surface area contributed by atoms with Gasteiger partial charge in [0.05, 0.1) is 6.10 Å². The average molecular weight is 200 g/mol. The second-order valence-corrected chi connectivity index (χ2v) is 4.73. The van der Waals surface area contributed by atoms with E-state index in [1.165, 1.54) is 12.8 Å². The molecule has 0 amide bonds. The largest absolute Gasteiger partial charge is 0.392 e. The summed E-state index contributed by atoms with van der Waals surface area (Å²) in [6.07, 6.45) is 3.20. The molecule has 0 bridgehead atoms. The number of nitrogens with one attached hydrogen (secondary N) is 2. The van der Waals surface area contributed by atoms with Crippen LogP contribution < -0.4 is 10.6 Å². The molecule has 1 rings (SSSR count). The number of rotatable bonds is 5. The normalized spacial score (nSPS) is 25.3. The Labute approximate surface area is 87.3 Å². The lowest BCUT2D eigenvalue weighted by atomic mass is 10.0. The summed E-state index contributed by atoms with van der Waals surface area (Å²) in [4.78, 5) is 0. The summed E-state index contributed by atoms with van der Waals surface area (Å²) in [7, 11) is 0. The summed E-state index contributed by atoms with van der Waals surface area (Å²) in [5.74, 6) is 0.580. The summed E-state index contributed by atoms with van der Waals surface area (Å²) < 4.78 is 0. The molecule has 1 fully saturated rings. The van der Waals surface area contributed by atoms with Gasteiger partial charge in [-0.25, -0.2) is 0 Å². The molecular formula is C11H24N2O. The van der Waals surface area contributed by atoms with E-state index < -0.39 is 0 Å². The molecule has 1 aliphatic heterocycles. The maximum atomic E-state index is 9.67. The molecule has 0 aromatic heterocycles. The topological polar surface area (TPSA) is 44.3 Å². The van der Waals surface area contributed by atoms with Crippen LogP contribution in [0.3, 0.4) is 0 Å². The molecule has 84 valence electrons. The number of hydrogen-bond acceptors (Lipinski definition) is 3. The SMILES string of the molecule is CC(C)CC(O)CNC1CCCNC1. The molecular weight excluding hydrogens is 176 g/mol. The van der Waals surface area contributed by atoms with Gasteiger partial charge in [0.2, 0.25) is 0 Å². The first-order chi connectivity index (χ1) is 6.68. The molecule has 0 aromatic rings. The van der Waals surface area contributed by atoms with Crippen LogP contribution in [0.4, 0.5) is 0 Å². The first-order valence-corrected chi connectivity index (χ1v) is 5.80. The smallest absolute Gasteiger partial charge is 0.0667 e. The van der Waals surface area contributed by atoms with Gasteiger partial charge in [0, 0.05) is 19.1 Å². The molecule has 0 spiro atoms. The fourth-order valence-electron chi connectivity index (χ4n) is 1.96. The van der Waals surface area contributed by atoms with Gasteiger partial charge >= 0.3 is 0 Å². The Hall–Kier alpha value is -0.120. The first-order valence-electron chi connectivity index (χ1n) is 5.80. The number of aliphatic hydroxyl groups is 1. The molecule has 14 heavy (non-hydrogen) atoms. The van der Waals surface area contributed by atoms with Crippen LogP contribution in [0, 0.1) is 5.92 Å². The Kier molecular flexibility index (Phi) is 5.45. The van der Waals surface area contributed by atoms with Crippen molar-refractivity contribution < 1.29 is 5.11 Å². The maximum absolute atomic E-state index is 9.67. The van der Waals surface area contributed by atoms with E-state index in [1.807, 2.05) is 0 Å². The van der Waals surface area contributed by atoms with Crippen molar-refractivity contribution in [3.63, 3.8) is 0 Å². The van der Waals surface area contributed by atoms with Crippen molar-refractivity contribution >= 4 is 0 Å². The third-order valence-electron chi connectivity index (χ3n) is 2.68. The Bertz CT molecular complexity index is 144. The predicted molar refractivity (Wildman–Crippen MR) is 59.4 cm³/mol. The standard InChI is InChI=1S/C11H24N2O/c1-9(2)6-11(14)8-13-10-4-3-5-12-7-10/h9-14H,3-8H2,1-2H3. The minimum absolute atomic E-state index is 0.183. The van der Waals surface area contributed by atoms with Crippen molar-refractivity contribution in [3.05, 3.63) is 0 Å². The third-order valence-corrected chi connectivity index (χ3v) is 2.68. The van der Waals surface area contributed by atoms with Crippen LogP contribution in [0.5, 0.6) is 0 Å². The molecule has 0 aliphatic carbocycles. The van der Waals surface area contributed by atoms with Crippen LogP contribution in [0.1, 0.15) is 33.1 Å². The van der Waals surface area contributed by atoms with Crippen LogP contribution >= 0.6 is 0 Å². The van der Waals surface area contributed by atoms with Gasteiger partial charge in [-0.1, -0.05) is 13.8 Å². The van der Waals surface area contributed by atoms with Gasteiger partial charge in [0.1, 0.15) is 0 Å². The second-order valence-electron chi connectivity index (χ2n) is 4.73. The lowest BCUT2D eigenvalue weighted by molar-refractivity contribution is 0.140. The van der Waals surface area contributed by atoms with Crippen LogP contribution in [0.2, 0.25) is 0 Å². The molecule has 2 unspecified atom stereocenters. The van der Waals surface area contributed by atoms with Crippen molar-refractivity contribution in [2.75, 3.05) is 19.6 Å². The van der Waals surface area contributed by atoms with E-state index in [0.717, 1.165) is 26.1 Å². The van der Waals surface area contributed by atoms with Crippen LogP contribution in [0.25, 0.3) is 0 Å². The van der Waals surface area contributed by atoms with Crippen molar-refractivity contribution in [1.82, 2.24) is 10.6 Å². The summed E-state index contributed by atoms with van der Waals surface area (Å²) in [5.41, 5.74) is 0. The van der Waals surface area contributed by atoms with Gasteiger partial charge in [-0.15, -0.1) is 0 Å². The highest BCUT2D eigenvalue weighted by atomic mass is 16.3. The van der Waals surface area contributed by atoms with Crippen molar-refractivity contribution in [3.8, 4) is 0 Å². The van der Waals surface area contributed by atoms with Crippen LogP contribution in [-0.4, -0.2) is 36.9 Å². The zero-order valence-corrected chi connectivity index (χ0v) is 9.42. The van der Waals surface area contributed by atoms with Crippen molar-refractivity contribution in [2.45, 2.75) is 45.3 Å². The highest BCUT2D eigenvalue weighted by Gasteiger charge is 2.14. The van der Waals surface area contributed by atoms with Gasteiger partial charge in [0.15, 0.2) is 0 Å². The molecule has 1 aliphatic rings. The fourth-order valence-corrected chi connectivity index (χ4v) is 1.96. The average Bonchev–Trinajstić information content (AvgIpc) is 2.15. The number of hydrogen-bond donors (Lipinski definition) is 3. The molecule has 0 radical (unpaired) electrons. The van der Waals surface area contributed by atoms with Crippen LogP contribution in [0.15, 0.2) is 0 Å². The Morgan fingerprint density at radius 3 is 2.86 bits per heavy atom. The minimum atomic E-state index is -0.183. The monoisotopic (exact) mass is 200 g/mol. The van der Waals surface area contributed by atoms with Crippen molar-refractivity contribution in [2.24, 2.45) is 5.92 Å². The van der Waals surface area contributed by atoms with Gasteiger partial charge in [-0.2, -0.15) is 0 Å². The number of aliphatic hydroxyl groups excluding tert-OH is 1. The Morgan fingerprint density at radius 2 is 2.29 bits per heavy atom. The molecule has 2 atom stereocenters. The second kappa shape index (κ2) is 6.38. The molecule has 3 nitrogen and oxygen atoms in total. The minimum Gasteiger partial charge on any atom is -0.392 e. The molecule has 3 heteroatoms. The lowest BCUT2D eigenvalue weighted by Gasteiger charge is -2.25. The highest BCUT2D eigenvalue weighted by molar-refractivity contribution is 4.76. The molecule has 0 saturated carbocycles. The fraction of sp³-hybridized carbons (Fsp3) is 1.00. The van der Waals surface area contributed by atoms with E-state index in [2.05, 4.69) is 24.5 Å². The quantitative estimate of drug-likeness (QED) is 0.613. The molecule has 0 aromatic carbocycles. The summed E-state index contributed by atoms with van der Waals surface area (Å²) in [6.45, 7) is 7.22. The van der Waals surface area contributed by atoms with Gasteiger partial charge in [-0.05, 0) is 31.7 Å². The Morgan fingerprint density at radius 1 is 1.50 bits per heavy atom. The Balaban J connectivity index is 2.06. The highest BCUT2D eigenvalue weighted by Crippen LogP contribution is 2.05. The molecule has 1 saturated heterocycles. The third kappa shape index (κ3) is 4.94.